The Labute approximate surface area is 151 Å². The third-order valence-corrected chi connectivity index (χ3v) is 3.73. The largest absolute Gasteiger partial charge is 0.462 e. The molecule has 0 radical (unpaired) electrons. The van der Waals surface area contributed by atoms with E-state index in [0.717, 1.165) is 0 Å². The fraction of sp³-hybridized carbons (Fsp3) is 0.278. The summed E-state index contributed by atoms with van der Waals surface area (Å²) in [6.45, 7) is 2.12. The predicted molar refractivity (Wildman–Crippen MR) is 97.7 cm³/mol. The first-order valence-corrected chi connectivity index (χ1v) is 8.02. The molecule has 0 aliphatic heterocycles. The van der Waals surface area contributed by atoms with Crippen LogP contribution in [0.5, 0.6) is 0 Å². The zero-order valence-electron chi connectivity index (χ0n) is 14.0. The van der Waals surface area contributed by atoms with E-state index in [9.17, 15) is 9.59 Å². The minimum absolute atomic E-state index is 0.0315. The van der Waals surface area contributed by atoms with E-state index < -0.39 is 5.97 Å². The number of pyridine rings is 1. The van der Waals surface area contributed by atoms with Crippen molar-refractivity contribution < 1.29 is 14.3 Å². The average Bonchev–Trinajstić information content (AvgIpc) is 2.59. The van der Waals surface area contributed by atoms with Crippen LogP contribution in [0, 0.1) is 12.3 Å². The molecule has 130 valence electrons. The number of hydrogen-bond acceptors (Lipinski definition) is 5. The molecule has 7 heteroatoms. The Hall–Kier alpha value is -2.78. The number of benzene rings is 1. The standard InChI is InChI=1S/C18H18ClN3O3/c1-4-8-22(3)16(23)11-21-17-13-9-12(19)6-7-15(13)20-10-14(17)18(24)25-5-2/h1,6-7,9-10H,5,8,11H2,2-3H3,(H,20,21). The van der Waals surface area contributed by atoms with Gasteiger partial charge in [-0.05, 0) is 25.1 Å². The number of anilines is 1. The molecule has 2 rings (SSSR count). The number of fused-ring (bicyclic) bond motifs is 1. The molecule has 0 bridgehead atoms. The Balaban J connectivity index is 2.41. The topological polar surface area (TPSA) is 71.5 Å². The second kappa shape index (κ2) is 8.36. The van der Waals surface area contributed by atoms with Crippen molar-refractivity contribution in [3.63, 3.8) is 0 Å². The van der Waals surface area contributed by atoms with Crippen molar-refractivity contribution in [2.24, 2.45) is 0 Å². The van der Waals surface area contributed by atoms with Crippen LogP contribution in [0.2, 0.25) is 5.02 Å². The van der Waals surface area contributed by atoms with Gasteiger partial charge in [0.1, 0.15) is 5.56 Å². The van der Waals surface area contributed by atoms with Gasteiger partial charge in [-0.15, -0.1) is 6.42 Å². The second-order valence-electron chi connectivity index (χ2n) is 5.24. The van der Waals surface area contributed by atoms with Crippen LogP contribution in [0.1, 0.15) is 17.3 Å². The van der Waals surface area contributed by atoms with Gasteiger partial charge in [0.2, 0.25) is 5.91 Å². The summed E-state index contributed by atoms with van der Waals surface area (Å²) >= 11 is 6.07. The molecule has 1 aromatic carbocycles. The van der Waals surface area contributed by atoms with Crippen LogP contribution < -0.4 is 5.32 Å². The molecular formula is C18H18ClN3O3. The molecule has 0 spiro atoms. The first-order valence-electron chi connectivity index (χ1n) is 7.64. The van der Waals surface area contributed by atoms with Gasteiger partial charge in [0.05, 0.1) is 30.9 Å². The van der Waals surface area contributed by atoms with Crippen molar-refractivity contribution in [3.05, 3.63) is 35.0 Å². The second-order valence-corrected chi connectivity index (χ2v) is 5.67. The molecule has 1 aromatic heterocycles. The molecule has 25 heavy (non-hydrogen) atoms. The van der Waals surface area contributed by atoms with Crippen molar-refractivity contribution in [2.75, 3.05) is 32.1 Å². The van der Waals surface area contributed by atoms with E-state index in [2.05, 4.69) is 16.2 Å². The van der Waals surface area contributed by atoms with Crippen molar-refractivity contribution in [2.45, 2.75) is 6.92 Å². The van der Waals surface area contributed by atoms with Gasteiger partial charge in [-0.25, -0.2) is 4.79 Å². The Kier molecular flexibility index (Phi) is 6.20. The summed E-state index contributed by atoms with van der Waals surface area (Å²) in [6.07, 6.45) is 6.64. The van der Waals surface area contributed by atoms with Gasteiger partial charge < -0.3 is 15.0 Å². The SMILES string of the molecule is C#CCN(C)C(=O)CNc1c(C(=O)OCC)cnc2ccc(Cl)cc12. The number of nitrogens with zero attached hydrogens (tertiary/aromatic N) is 2. The van der Waals surface area contributed by atoms with Gasteiger partial charge in [-0.1, -0.05) is 17.5 Å². The highest BCUT2D eigenvalue weighted by Gasteiger charge is 2.18. The molecule has 0 saturated carbocycles. The van der Waals surface area contributed by atoms with E-state index in [0.29, 0.717) is 21.6 Å². The number of ether oxygens (including phenoxy) is 1. The summed E-state index contributed by atoms with van der Waals surface area (Å²) in [5.74, 6) is 1.67. The van der Waals surface area contributed by atoms with E-state index in [4.69, 9.17) is 22.8 Å². The summed E-state index contributed by atoms with van der Waals surface area (Å²) in [6, 6.07) is 5.13. The highest BCUT2D eigenvalue weighted by atomic mass is 35.5. The van der Waals surface area contributed by atoms with Crippen LogP contribution in [0.3, 0.4) is 0 Å². The molecule has 0 fully saturated rings. The number of hydrogen-bond donors (Lipinski definition) is 1. The molecular weight excluding hydrogens is 342 g/mol. The Bertz CT molecular complexity index is 845. The lowest BCUT2D eigenvalue weighted by Crippen LogP contribution is -2.32. The number of carbonyl (C=O) groups excluding carboxylic acids is 2. The van der Waals surface area contributed by atoms with Crippen molar-refractivity contribution in [1.29, 1.82) is 0 Å². The molecule has 6 nitrogen and oxygen atoms in total. The number of likely N-dealkylation sites (N-methyl/N-ethyl adjacent to an activating group) is 1. The lowest BCUT2D eigenvalue weighted by Gasteiger charge is -2.17. The summed E-state index contributed by atoms with van der Waals surface area (Å²) in [7, 11) is 1.61. The van der Waals surface area contributed by atoms with E-state index in [1.54, 1.807) is 32.2 Å². The number of rotatable bonds is 6. The van der Waals surface area contributed by atoms with Gasteiger partial charge in [0.25, 0.3) is 0 Å². The number of terminal acetylenes is 1. The zero-order chi connectivity index (χ0) is 18.4. The first-order chi connectivity index (χ1) is 12.0. The number of carbonyl (C=O) groups is 2. The smallest absolute Gasteiger partial charge is 0.341 e. The molecule has 0 aliphatic carbocycles. The van der Waals surface area contributed by atoms with Crippen LogP contribution in [-0.2, 0) is 9.53 Å². The molecule has 0 atom stereocenters. The molecule has 1 heterocycles. The van der Waals surface area contributed by atoms with Gasteiger partial charge >= 0.3 is 5.97 Å². The lowest BCUT2D eigenvalue weighted by molar-refractivity contribution is -0.127. The number of aromatic nitrogens is 1. The summed E-state index contributed by atoms with van der Waals surface area (Å²) in [5, 5.41) is 4.13. The van der Waals surface area contributed by atoms with Crippen LogP contribution in [0.4, 0.5) is 5.69 Å². The first kappa shape index (κ1) is 18.6. The van der Waals surface area contributed by atoms with Gasteiger partial charge in [-0.2, -0.15) is 0 Å². The average molecular weight is 360 g/mol. The fourth-order valence-corrected chi connectivity index (χ4v) is 2.42. The summed E-state index contributed by atoms with van der Waals surface area (Å²) in [4.78, 5) is 30.0. The van der Waals surface area contributed by atoms with E-state index in [1.165, 1.54) is 11.1 Å². The molecule has 0 aliphatic rings. The monoisotopic (exact) mass is 359 g/mol. The summed E-state index contributed by atoms with van der Waals surface area (Å²) in [5.41, 5.74) is 1.34. The number of halogens is 1. The van der Waals surface area contributed by atoms with E-state index in [1.807, 2.05) is 0 Å². The van der Waals surface area contributed by atoms with Crippen molar-refractivity contribution in [1.82, 2.24) is 9.88 Å². The number of amides is 1. The third kappa shape index (κ3) is 4.40. The molecule has 0 saturated heterocycles. The zero-order valence-corrected chi connectivity index (χ0v) is 14.8. The molecule has 0 unspecified atom stereocenters. The number of nitrogens with one attached hydrogen (secondary N) is 1. The van der Waals surface area contributed by atoms with Gasteiger partial charge in [0, 0.05) is 23.7 Å². The Morgan fingerprint density at radius 3 is 2.88 bits per heavy atom. The van der Waals surface area contributed by atoms with Crippen LogP contribution in [-0.4, -0.2) is 48.5 Å². The van der Waals surface area contributed by atoms with Crippen LogP contribution in [0.25, 0.3) is 10.9 Å². The maximum atomic E-state index is 12.2. The quantitative estimate of drug-likeness (QED) is 0.634. The maximum absolute atomic E-state index is 12.2. The van der Waals surface area contributed by atoms with Gasteiger partial charge in [-0.3, -0.25) is 9.78 Å². The fourth-order valence-electron chi connectivity index (χ4n) is 2.24. The minimum atomic E-state index is -0.524. The minimum Gasteiger partial charge on any atom is -0.462 e. The highest BCUT2D eigenvalue weighted by Crippen LogP contribution is 2.29. The maximum Gasteiger partial charge on any atom is 0.341 e. The molecule has 1 N–H and O–H groups in total. The highest BCUT2D eigenvalue weighted by molar-refractivity contribution is 6.31. The number of esters is 1. The van der Waals surface area contributed by atoms with Crippen LogP contribution >= 0.6 is 11.6 Å². The normalized spacial score (nSPS) is 10.2. The van der Waals surface area contributed by atoms with Crippen molar-refractivity contribution >= 4 is 40.1 Å². The Morgan fingerprint density at radius 1 is 1.44 bits per heavy atom. The van der Waals surface area contributed by atoms with E-state index in [-0.39, 0.29) is 31.2 Å². The summed E-state index contributed by atoms with van der Waals surface area (Å²) < 4.78 is 5.07. The Morgan fingerprint density at radius 2 is 2.20 bits per heavy atom. The van der Waals surface area contributed by atoms with E-state index >= 15 is 0 Å². The predicted octanol–water partition coefficient (Wildman–Crippen LogP) is 2.57. The third-order valence-electron chi connectivity index (χ3n) is 3.50. The molecule has 2 aromatic rings. The van der Waals surface area contributed by atoms with Crippen LogP contribution in [0.15, 0.2) is 24.4 Å². The lowest BCUT2D eigenvalue weighted by atomic mass is 10.1. The molecule has 1 amide bonds. The van der Waals surface area contributed by atoms with Crippen molar-refractivity contribution in [3.8, 4) is 12.3 Å². The van der Waals surface area contributed by atoms with Gasteiger partial charge in [0.15, 0.2) is 0 Å².